The van der Waals surface area contributed by atoms with Gasteiger partial charge >= 0.3 is 5.56 Å². The molecule has 0 saturated carbocycles. The summed E-state index contributed by atoms with van der Waals surface area (Å²) in [5.74, 6) is 0.112. The van der Waals surface area contributed by atoms with Gasteiger partial charge in [0.15, 0.2) is 0 Å². The van der Waals surface area contributed by atoms with E-state index in [2.05, 4.69) is 5.10 Å². The van der Waals surface area contributed by atoms with Crippen LogP contribution in [0.5, 0.6) is 5.75 Å². The molecule has 1 rings (SSSR count). The van der Waals surface area contributed by atoms with Gasteiger partial charge in [-0.3, -0.25) is 4.79 Å². The predicted molar refractivity (Wildman–Crippen MR) is 51.9 cm³/mol. The van der Waals surface area contributed by atoms with Gasteiger partial charge in [-0.05, 0) is 0 Å². The topological polar surface area (TPSA) is 53.4 Å². The monoisotopic (exact) mass is 218 g/mol. The molecule has 0 N–H and O–H groups in total. The van der Waals surface area contributed by atoms with E-state index in [9.17, 15) is 4.79 Å². The summed E-state index contributed by atoms with van der Waals surface area (Å²) in [4.78, 5) is 11.4. The van der Waals surface area contributed by atoms with Crippen LogP contribution in [0.1, 0.15) is 0 Å². The van der Waals surface area contributed by atoms with Crippen molar-refractivity contribution in [3.05, 3.63) is 21.6 Å². The Labute approximate surface area is 86.2 Å². The van der Waals surface area contributed by atoms with Gasteiger partial charge in [-0.2, -0.15) is 5.10 Å². The molecule has 78 valence electrons. The number of aromatic nitrogens is 2. The highest BCUT2D eigenvalue weighted by molar-refractivity contribution is 6.31. The third-order valence-electron chi connectivity index (χ3n) is 1.58. The molecule has 6 heteroatoms. The molecule has 0 aliphatic carbocycles. The van der Waals surface area contributed by atoms with Gasteiger partial charge in [0.2, 0.25) is 5.75 Å². The summed E-state index contributed by atoms with van der Waals surface area (Å²) in [6, 6.07) is 0. The van der Waals surface area contributed by atoms with Crippen molar-refractivity contribution in [1.82, 2.24) is 9.78 Å². The van der Waals surface area contributed by atoms with Crippen molar-refractivity contribution in [3.63, 3.8) is 0 Å². The highest BCUT2D eigenvalue weighted by Crippen LogP contribution is 2.16. The molecule has 0 spiro atoms. The standard InChI is InChI=1S/C8H11ClN2O3/c1-11-8(12)7(6(9)5-10-11)14-4-3-13-2/h5H,3-4H2,1-2H3. The molecule has 1 aromatic rings. The Morgan fingerprint density at radius 3 is 2.93 bits per heavy atom. The highest BCUT2D eigenvalue weighted by Gasteiger charge is 2.08. The summed E-state index contributed by atoms with van der Waals surface area (Å²) in [5.41, 5.74) is -0.353. The molecular formula is C8H11ClN2O3. The van der Waals surface area contributed by atoms with Crippen LogP contribution >= 0.6 is 11.6 Å². The lowest BCUT2D eigenvalue weighted by Gasteiger charge is -2.06. The molecule has 0 amide bonds. The smallest absolute Gasteiger partial charge is 0.310 e. The van der Waals surface area contributed by atoms with Crippen LogP contribution < -0.4 is 10.3 Å². The van der Waals surface area contributed by atoms with E-state index < -0.39 is 0 Å². The van der Waals surface area contributed by atoms with Crippen LogP contribution in [-0.2, 0) is 11.8 Å². The lowest BCUT2D eigenvalue weighted by molar-refractivity contribution is 0.145. The van der Waals surface area contributed by atoms with Crippen LogP contribution in [0, 0.1) is 0 Å². The predicted octanol–water partition coefficient (Wildman–Crippen LogP) is 0.459. The molecule has 0 saturated heterocycles. The van der Waals surface area contributed by atoms with Crippen LogP contribution in [0.2, 0.25) is 5.02 Å². The Balaban J connectivity index is 2.84. The molecule has 0 fully saturated rings. The van der Waals surface area contributed by atoms with E-state index in [1.807, 2.05) is 0 Å². The van der Waals surface area contributed by atoms with E-state index in [0.717, 1.165) is 4.68 Å². The van der Waals surface area contributed by atoms with Crippen LogP contribution in [0.3, 0.4) is 0 Å². The highest BCUT2D eigenvalue weighted by atomic mass is 35.5. The second-order valence-corrected chi connectivity index (χ2v) is 3.00. The van der Waals surface area contributed by atoms with E-state index in [0.29, 0.717) is 6.61 Å². The SMILES string of the molecule is COCCOc1c(Cl)cnn(C)c1=O. The van der Waals surface area contributed by atoms with Crippen LogP contribution in [0.15, 0.2) is 11.0 Å². The third-order valence-corrected chi connectivity index (χ3v) is 1.85. The summed E-state index contributed by atoms with van der Waals surface area (Å²) < 4.78 is 11.1. The Kier molecular flexibility index (Phi) is 3.91. The Hall–Kier alpha value is -1.07. The van der Waals surface area contributed by atoms with Crippen molar-refractivity contribution in [2.45, 2.75) is 0 Å². The molecule has 0 aromatic carbocycles. The van der Waals surface area contributed by atoms with E-state index in [4.69, 9.17) is 21.1 Å². The zero-order valence-electron chi connectivity index (χ0n) is 7.99. The lowest BCUT2D eigenvalue weighted by Crippen LogP contribution is -2.22. The first-order chi connectivity index (χ1) is 6.66. The Bertz CT molecular complexity index is 364. The van der Waals surface area contributed by atoms with Crippen molar-refractivity contribution in [2.75, 3.05) is 20.3 Å². The molecule has 1 heterocycles. The van der Waals surface area contributed by atoms with Crippen molar-refractivity contribution in [1.29, 1.82) is 0 Å². The Morgan fingerprint density at radius 2 is 2.29 bits per heavy atom. The molecule has 0 unspecified atom stereocenters. The van der Waals surface area contributed by atoms with E-state index in [1.54, 1.807) is 7.11 Å². The van der Waals surface area contributed by atoms with Crippen molar-refractivity contribution in [2.24, 2.45) is 7.05 Å². The quantitative estimate of drug-likeness (QED) is 0.689. The maximum absolute atomic E-state index is 11.4. The second kappa shape index (κ2) is 4.97. The fourth-order valence-corrected chi connectivity index (χ4v) is 1.03. The largest absolute Gasteiger partial charge is 0.484 e. The molecular weight excluding hydrogens is 208 g/mol. The minimum atomic E-state index is -0.353. The number of methoxy groups -OCH3 is 1. The number of aryl methyl sites for hydroxylation is 1. The van der Waals surface area contributed by atoms with E-state index >= 15 is 0 Å². The molecule has 0 aliphatic rings. The number of ether oxygens (including phenoxy) is 2. The third kappa shape index (κ3) is 2.46. The number of hydrogen-bond acceptors (Lipinski definition) is 4. The first-order valence-electron chi connectivity index (χ1n) is 4.00. The fraction of sp³-hybridized carbons (Fsp3) is 0.500. The second-order valence-electron chi connectivity index (χ2n) is 2.59. The van der Waals surface area contributed by atoms with E-state index in [1.165, 1.54) is 13.2 Å². The normalized spacial score (nSPS) is 10.2. The molecule has 1 aromatic heterocycles. The zero-order chi connectivity index (χ0) is 10.6. The van der Waals surface area contributed by atoms with Crippen molar-refractivity contribution < 1.29 is 9.47 Å². The lowest BCUT2D eigenvalue weighted by atomic mass is 10.5. The van der Waals surface area contributed by atoms with Crippen molar-refractivity contribution in [3.8, 4) is 5.75 Å². The van der Waals surface area contributed by atoms with Gasteiger partial charge < -0.3 is 9.47 Å². The van der Waals surface area contributed by atoms with Crippen LogP contribution in [-0.4, -0.2) is 30.1 Å². The van der Waals surface area contributed by atoms with Gasteiger partial charge in [0.05, 0.1) is 12.8 Å². The van der Waals surface area contributed by atoms with Gasteiger partial charge in [0.25, 0.3) is 0 Å². The minimum Gasteiger partial charge on any atom is -0.484 e. The summed E-state index contributed by atoms with van der Waals surface area (Å²) in [6.07, 6.45) is 1.37. The first kappa shape index (κ1) is 11.0. The number of hydrogen-bond donors (Lipinski definition) is 0. The molecule has 0 radical (unpaired) electrons. The minimum absolute atomic E-state index is 0.112. The van der Waals surface area contributed by atoms with Crippen LogP contribution in [0.4, 0.5) is 0 Å². The molecule has 5 nitrogen and oxygen atoms in total. The zero-order valence-corrected chi connectivity index (χ0v) is 8.74. The van der Waals surface area contributed by atoms with E-state index in [-0.39, 0.29) is 22.9 Å². The summed E-state index contributed by atoms with van der Waals surface area (Å²) >= 11 is 5.74. The molecule has 0 aliphatic heterocycles. The van der Waals surface area contributed by atoms with Gasteiger partial charge in [0.1, 0.15) is 11.6 Å². The van der Waals surface area contributed by atoms with Gasteiger partial charge in [-0.15, -0.1) is 0 Å². The summed E-state index contributed by atoms with van der Waals surface area (Å²) in [6.45, 7) is 0.692. The maximum atomic E-state index is 11.4. The average Bonchev–Trinajstić information content (AvgIpc) is 2.18. The van der Waals surface area contributed by atoms with Gasteiger partial charge in [-0.25, -0.2) is 4.68 Å². The van der Waals surface area contributed by atoms with Crippen LogP contribution in [0.25, 0.3) is 0 Å². The Morgan fingerprint density at radius 1 is 1.57 bits per heavy atom. The average molecular weight is 219 g/mol. The maximum Gasteiger partial charge on any atom is 0.310 e. The molecule has 14 heavy (non-hydrogen) atoms. The summed E-state index contributed by atoms with van der Waals surface area (Å²) in [5, 5.41) is 3.94. The van der Waals surface area contributed by atoms with Gasteiger partial charge in [0, 0.05) is 14.2 Å². The van der Waals surface area contributed by atoms with Crippen molar-refractivity contribution >= 4 is 11.6 Å². The number of rotatable bonds is 4. The summed E-state index contributed by atoms with van der Waals surface area (Å²) in [7, 11) is 3.08. The fourth-order valence-electron chi connectivity index (χ4n) is 0.855. The molecule has 0 bridgehead atoms. The number of halogens is 1. The number of nitrogens with zero attached hydrogens (tertiary/aromatic N) is 2. The first-order valence-corrected chi connectivity index (χ1v) is 4.38. The van der Waals surface area contributed by atoms with Gasteiger partial charge in [-0.1, -0.05) is 11.6 Å². The molecule has 0 atom stereocenters.